The van der Waals surface area contributed by atoms with Crippen LogP contribution < -0.4 is 15.7 Å². The van der Waals surface area contributed by atoms with E-state index in [2.05, 4.69) is 37.5 Å². The van der Waals surface area contributed by atoms with Crippen LogP contribution in [0.25, 0.3) is 16.9 Å². The number of amides is 2. The summed E-state index contributed by atoms with van der Waals surface area (Å²) in [6, 6.07) is 25.3. The number of carbonyl (C=O) groups excluding carboxylic acids is 2. The fraction of sp³-hybridized carbons (Fsp3) is 0.200. The predicted octanol–water partition coefficient (Wildman–Crippen LogP) is 4.86. The number of aromatic nitrogens is 4. The lowest BCUT2D eigenvalue weighted by Gasteiger charge is -2.28. The average Bonchev–Trinajstić information content (AvgIpc) is 3.88. The number of imidazole rings is 1. The van der Waals surface area contributed by atoms with Gasteiger partial charge in [0.15, 0.2) is 0 Å². The van der Waals surface area contributed by atoms with Crippen LogP contribution in [0.1, 0.15) is 50.5 Å². The Morgan fingerprint density at radius 2 is 1.83 bits per heavy atom. The molecule has 0 spiro atoms. The van der Waals surface area contributed by atoms with E-state index in [1.54, 1.807) is 58.1 Å². The van der Waals surface area contributed by atoms with Crippen molar-refractivity contribution >= 4 is 27.7 Å². The number of fused-ring (bicyclic) bond motifs is 1. The third-order valence-electron chi connectivity index (χ3n) is 8.24. The molecule has 47 heavy (non-hydrogen) atoms. The maximum Gasteiger partial charge on any atom is 0.333 e. The summed E-state index contributed by atoms with van der Waals surface area (Å²) in [7, 11) is 0. The van der Waals surface area contributed by atoms with Crippen LogP contribution in [-0.4, -0.2) is 48.7 Å². The molecule has 1 aliphatic heterocycles. The number of benzene rings is 3. The zero-order valence-corrected chi connectivity index (χ0v) is 26.7. The molecule has 234 valence electrons. The van der Waals surface area contributed by atoms with Gasteiger partial charge in [0.05, 0.1) is 35.3 Å². The zero-order chi connectivity index (χ0) is 32.5. The van der Waals surface area contributed by atoms with E-state index in [1.807, 2.05) is 30.3 Å². The van der Waals surface area contributed by atoms with E-state index in [1.165, 1.54) is 10.6 Å². The van der Waals surface area contributed by atoms with E-state index < -0.39 is 5.91 Å². The largest absolute Gasteiger partial charge is 0.490 e. The first-order valence-corrected chi connectivity index (χ1v) is 15.9. The van der Waals surface area contributed by atoms with Crippen molar-refractivity contribution < 1.29 is 14.3 Å². The highest BCUT2D eigenvalue weighted by molar-refractivity contribution is 9.10. The molecule has 5 aromatic rings. The van der Waals surface area contributed by atoms with Crippen LogP contribution in [0.5, 0.6) is 5.75 Å². The summed E-state index contributed by atoms with van der Waals surface area (Å²) in [5, 5.41) is 20.7. The third kappa shape index (κ3) is 6.05. The van der Waals surface area contributed by atoms with Gasteiger partial charge >= 0.3 is 5.69 Å². The van der Waals surface area contributed by atoms with Crippen molar-refractivity contribution in [3.63, 3.8) is 0 Å². The van der Waals surface area contributed by atoms with E-state index in [4.69, 9.17) is 4.74 Å². The molecule has 1 N–H and O–H groups in total. The molecule has 2 amide bonds. The Morgan fingerprint density at radius 1 is 1.02 bits per heavy atom. The van der Waals surface area contributed by atoms with Crippen molar-refractivity contribution in [2.45, 2.75) is 38.6 Å². The van der Waals surface area contributed by atoms with Crippen LogP contribution in [0.15, 0.2) is 94.3 Å². The number of hydrogen-bond acceptors (Lipinski definition) is 7. The number of hydrogen-bond donors (Lipinski definition) is 1. The molecule has 1 aliphatic carbocycles. The summed E-state index contributed by atoms with van der Waals surface area (Å²) in [5.41, 5.74) is 3.71. The van der Waals surface area contributed by atoms with Gasteiger partial charge in [-0.15, -0.1) is 0 Å². The first-order valence-electron chi connectivity index (χ1n) is 15.2. The van der Waals surface area contributed by atoms with Crippen molar-refractivity contribution in [3.8, 4) is 28.8 Å². The lowest BCUT2D eigenvalue weighted by molar-refractivity contribution is 0.0706. The second-order valence-corrected chi connectivity index (χ2v) is 12.2. The number of nitrogens with zero attached hydrogens (tertiary/aromatic N) is 6. The first-order chi connectivity index (χ1) is 22.9. The van der Waals surface area contributed by atoms with Gasteiger partial charge < -0.3 is 15.0 Å². The van der Waals surface area contributed by atoms with Crippen molar-refractivity contribution in [3.05, 3.63) is 128 Å². The Kier molecular flexibility index (Phi) is 8.14. The average molecular weight is 691 g/mol. The van der Waals surface area contributed by atoms with Crippen LogP contribution in [0, 0.1) is 11.3 Å². The molecule has 1 fully saturated rings. The lowest BCUT2D eigenvalue weighted by Crippen LogP contribution is -2.41. The Bertz CT molecular complexity index is 2100. The van der Waals surface area contributed by atoms with Crippen LogP contribution >= 0.6 is 15.9 Å². The van der Waals surface area contributed by atoms with Gasteiger partial charge in [0.2, 0.25) is 0 Å². The van der Waals surface area contributed by atoms with Gasteiger partial charge in [-0.2, -0.15) is 15.5 Å². The molecular weight excluding hydrogens is 662 g/mol. The number of nitriles is 1. The van der Waals surface area contributed by atoms with E-state index in [0.29, 0.717) is 38.4 Å². The highest BCUT2D eigenvalue weighted by Gasteiger charge is 2.32. The van der Waals surface area contributed by atoms with Crippen molar-refractivity contribution in [2.24, 2.45) is 0 Å². The molecule has 1 saturated carbocycles. The first kappa shape index (κ1) is 30.1. The second kappa shape index (κ2) is 12.7. The SMILES string of the molecule is N#Cc1cc(C(=O)N2CCn3c(c(C(=O)NCc4ccccc4-c4cccnn4)n(-c4ccc(OC5CC5)cc4)c3=O)C2)ccc1Br. The van der Waals surface area contributed by atoms with E-state index in [9.17, 15) is 19.6 Å². The number of halogens is 1. The van der Waals surface area contributed by atoms with Gasteiger partial charge in [0.1, 0.15) is 17.5 Å². The fourth-order valence-electron chi connectivity index (χ4n) is 5.71. The minimum Gasteiger partial charge on any atom is -0.490 e. The molecule has 2 aromatic heterocycles. The summed E-state index contributed by atoms with van der Waals surface area (Å²) in [6.07, 6.45) is 3.85. The molecule has 0 unspecified atom stereocenters. The van der Waals surface area contributed by atoms with E-state index in [0.717, 1.165) is 24.0 Å². The Morgan fingerprint density at radius 3 is 2.57 bits per heavy atom. The van der Waals surface area contributed by atoms with E-state index in [-0.39, 0.29) is 49.6 Å². The molecule has 3 heterocycles. The molecule has 0 saturated heterocycles. The van der Waals surface area contributed by atoms with Crippen LogP contribution in [-0.2, 0) is 19.6 Å². The van der Waals surface area contributed by atoms with Gasteiger partial charge in [0.25, 0.3) is 11.8 Å². The maximum absolute atomic E-state index is 14.2. The highest BCUT2D eigenvalue weighted by atomic mass is 79.9. The monoisotopic (exact) mass is 689 g/mol. The van der Waals surface area contributed by atoms with Crippen LogP contribution in [0.4, 0.5) is 0 Å². The topological polar surface area (TPSA) is 135 Å². The minimum absolute atomic E-state index is 0.0286. The predicted molar refractivity (Wildman–Crippen MR) is 176 cm³/mol. The zero-order valence-electron chi connectivity index (χ0n) is 25.1. The molecule has 7 rings (SSSR count). The third-order valence-corrected chi connectivity index (χ3v) is 8.93. The summed E-state index contributed by atoms with van der Waals surface area (Å²) in [5.74, 6) is -0.0676. The lowest BCUT2D eigenvalue weighted by atomic mass is 10.0. The number of carbonyl (C=O) groups is 2. The number of rotatable bonds is 8. The molecule has 2 aliphatic rings. The Balaban J connectivity index is 1.24. The summed E-state index contributed by atoms with van der Waals surface area (Å²) < 4.78 is 9.45. The molecular formula is C35H28BrN7O4. The summed E-state index contributed by atoms with van der Waals surface area (Å²) in [4.78, 5) is 43.3. The molecule has 0 atom stereocenters. The maximum atomic E-state index is 14.2. The smallest absolute Gasteiger partial charge is 0.333 e. The van der Waals surface area contributed by atoms with E-state index >= 15 is 0 Å². The Labute approximate surface area is 278 Å². The van der Waals surface area contributed by atoms with Crippen LogP contribution in [0.2, 0.25) is 0 Å². The molecule has 11 nitrogen and oxygen atoms in total. The van der Waals surface area contributed by atoms with Crippen molar-refractivity contribution in [2.75, 3.05) is 6.54 Å². The standard InChI is InChI=1S/C35H28BrN7O4/c36-29-14-7-22(18-24(29)19-37)34(45)41-16-17-42-31(21-41)32(43(35(42)46)25-8-10-26(11-9-25)47-27-12-13-27)33(44)38-20-23-4-1-2-5-28(23)30-6-3-15-39-40-30/h1-11,14-15,18,27H,12-13,16-17,20-21H2,(H,38,44). The number of nitrogens with one attached hydrogen (secondary N) is 1. The molecule has 0 radical (unpaired) electrons. The minimum atomic E-state index is -0.465. The molecule has 0 bridgehead atoms. The van der Waals surface area contributed by atoms with Gasteiger partial charge in [-0.05, 0) is 88.9 Å². The normalized spacial score (nSPS) is 13.8. The van der Waals surface area contributed by atoms with Gasteiger partial charge in [-0.3, -0.25) is 18.7 Å². The fourth-order valence-corrected chi connectivity index (χ4v) is 6.05. The van der Waals surface area contributed by atoms with Gasteiger partial charge in [0, 0.05) is 41.4 Å². The van der Waals surface area contributed by atoms with Crippen molar-refractivity contribution in [1.82, 2.24) is 29.5 Å². The van der Waals surface area contributed by atoms with Gasteiger partial charge in [-0.25, -0.2) is 4.79 Å². The van der Waals surface area contributed by atoms with Crippen LogP contribution in [0.3, 0.4) is 0 Å². The van der Waals surface area contributed by atoms with Gasteiger partial charge in [-0.1, -0.05) is 24.3 Å². The number of ether oxygens (including phenoxy) is 1. The highest BCUT2D eigenvalue weighted by Crippen LogP contribution is 2.29. The van der Waals surface area contributed by atoms with Crippen molar-refractivity contribution in [1.29, 1.82) is 5.26 Å². The summed E-state index contributed by atoms with van der Waals surface area (Å²) in [6.45, 7) is 0.652. The molecule has 3 aromatic carbocycles. The second-order valence-electron chi connectivity index (χ2n) is 11.4. The quantitative estimate of drug-likeness (QED) is 0.246. The molecule has 12 heteroatoms. The summed E-state index contributed by atoms with van der Waals surface area (Å²) >= 11 is 3.34. The Hall–Kier alpha value is -5.54.